The number of nitrogens with one attached hydrogen (secondary N) is 1. The van der Waals surface area contributed by atoms with E-state index in [1.807, 2.05) is 43.3 Å². The number of fused-ring (bicyclic) bond motifs is 1. The second kappa shape index (κ2) is 7.94. The zero-order valence-corrected chi connectivity index (χ0v) is 14.2. The van der Waals surface area contributed by atoms with Crippen LogP contribution in [0.5, 0.6) is 5.75 Å². The minimum absolute atomic E-state index is 0.0176. The van der Waals surface area contributed by atoms with Crippen molar-refractivity contribution in [3.8, 4) is 5.75 Å². The largest absolute Gasteiger partial charge is 0.424 e. The Kier molecular flexibility index (Phi) is 5.46. The standard InChI is InChI=1S/C20H21NO4/c1-2-24-19(14-7-4-3-5-8-14)20(23)25-16-11-12-17-15(13-16)9-6-10-18(22)21-17/h3-5,7-8,11-13,19H,2,6,9-10H2,1H3,(H,21,22). The van der Waals surface area contributed by atoms with Crippen LogP contribution in [0.1, 0.15) is 37.0 Å². The Labute approximate surface area is 147 Å². The summed E-state index contributed by atoms with van der Waals surface area (Å²) in [5.41, 5.74) is 2.52. The molecule has 2 aromatic carbocycles. The second-order valence-electron chi connectivity index (χ2n) is 5.89. The Morgan fingerprint density at radius 2 is 1.96 bits per heavy atom. The van der Waals surface area contributed by atoms with E-state index >= 15 is 0 Å². The van der Waals surface area contributed by atoms with E-state index in [2.05, 4.69) is 5.32 Å². The molecule has 1 N–H and O–H groups in total. The summed E-state index contributed by atoms with van der Waals surface area (Å²) in [5, 5.41) is 2.87. The molecule has 1 aliphatic rings. The maximum atomic E-state index is 12.6. The van der Waals surface area contributed by atoms with Gasteiger partial charge in [0.1, 0.15) is 5.75 Å². The number of ether oxygens (including phenoxy) is 2. The van der Waals surface area contributed by atoms with Gasteiger partial charge in [-0.25, -0.2) is 4.79 Å². The Balaban J connectivity index is 1.77. The quantitative estimate of drug-likeness (QED) is 0.667. The minimum Gasteiger partial charge on any atom is -0.424 e. The number of anilines is 1. The van der Waals surface area contributed by atoms with Crippen molar-refractivity contribution in [3.05, 3.63) is 59.7 Å². The molecule has 0 saturated heterocycles. The Bertz CT molecular complexity index is 758. The van der Waals surface area contributed by atoms with Crippen LogP contribution in [0.15, 0.2) is 48.5 Å². The number of rotatable bonds is 5. The number of carbonyl (C=O) groups is 2. The fourth-order valence-electron chi connectivity index (χ4n) is 2.88. The lowest BCUT2D eigenvalue weighted by molar-refractivity contribution is -0.147. The smallest absolute Gasteiger partial charge is 0.345 e. The first-order chi connectivity index (χ1) is 12.2. The number of hydrogen-bond acceptors (Lipinski definition) is 4. The van der Waals surface area contributed by atoms with Crippen LogP contribution in [0.25, 0.3) is 0 Å². The van der Waals surface area contributed by atoms with Crippen LogP contribution >= 0.6 is 0 Å². The first kappa shape index (κ1) is 17.2. The summed E-state index contributed by atoms with van der Waals surface area (Å²) in [6.07, 6.45) is 1.30. The van der Waals surface area contributed by atoms with Gasteiger partial charge in [-0.15, -0.1) is 0 Å². The highest BCUT2D eigenvalue weighted by molar-refractivity contribution is 5.92. The van der Waals surface area contributed by atoms with Gasteiger partial charge < -0.3 is 14.8 Å². The molecule has 0 saturated carbocycles. The predicted octanol–water partition coefficient (Wildman–Crippen LogP) is 3.64. The molecule has 0 radical (unpaired) electrons. The first-order valence-corrected chi connectivity index (χ1v) is 8.48. The van der Waals surface area contributed by atoms with Gasteiger partial charge in [0.05, 0.1) is 0 Å². The molecule has 2 aromatic rings. The van der Waals surface area contributed by atoms with Gasteiger partial charge in [0.2, 0.25) is 5.91 Å². The number of hydrogen-bond donors (Lipinski definition) is 1. The second-order valence-corrected chi connectivity index (χ2v) is 5.89. The molecular weight excluding hydrogens is 318 g/mol. The first-order valence-electron chi connectivity index (χ1n) is 8.48. The summed E-state index contributed by atoms with van der Waals surface area (Å²) in [6, 6.07) is 14.6. The van der Waals surface area contributed by atoms with E-state index in [9.17, 15) is 9.59 Å². The highest BCUT2D eigenvalue weighted by atomic mass is 16.6. The molecule has 1 aliphatic heterocycles. The lowest BCUT2D eigenvalue weighted by Gasteiger charge is -2.17. The van der Waals surface area contributed by atoms with Crippen molar-refractivity contribution >= 4 is 17.6 Å². The normalized spacial score (nSPS) is 14.8. The number of esters is 1. The van der Waals surface area contributed by atoms with Crippen molar-refractivity contribution in [2.75, 3.05) is 11.9 Å². The van der Waals surface area contributed by atoms with Crippen LogP contribution in [0.4, 0.5) is 5.69 Å². The summed E-state index contributed by atoms with van der Waals surface area (Å²) in [5.74, 6) is 0.0233. The van der Waals surface area contributed by atoms with Gasteiger partial charge in [0.25, 0.3) is 0 Å². The average Bonchev–Trinajstić information content (AvgIpc) is 2.80. The van der Waals surface area contributed by atoms with Crippen molar-refractivity contribution in [1.82, 2.24) is 0 Å². The molecule has 3 rings (SSSR count). The number of amides is 1. The molecule has 130 valence electrons. The third-order valence-corrected chi connectivity index (χ3v) is 4.07. The van der Waals surface area contributed by atoms with E-state index in [0.29, 0.717) is 18.8 Å². The summed E-state index contributed by atoms with van der Waals surface area (Å²) in [7, 11) is 0. The van der Waals surface area contributed by atoms with E-state index in [1.165, 1.54) is 0 Å². The molecule has 5 nitrogen and oxygen atoms in total. The minimum atomic E-state index is -0.760. The van der Waals surface area contributed by atoms with E-state index < -0.39 is 12.1 Å². The lowest BCUT2D eigenvalue weighted by atomic mass is 10.1. The maximum absolute atomic E-state index is 12.6. The molecule has 0 aliphatic carbocycles. The summed E-state index contributed by atoms with van der Waals surface area (Å²) >= 11 is 0. The molecule has 1 heterocycles. The molecule has 0 fully saturated rings. The van der Waals surface area contributed by atoms with Crippen LogP contribution in [-0.4, -0.2) is 18.5 Å². The third kappa shape index (κ3) is 4.25. The Morgan fingerprint density at radius 3 is 2.72 bits per heavy atom. The van der Waals surface area contributed by atoms with Gasteiger partial charge in [0, 0.05) is 18.7 Å². The van der Waals surface area contributed by atoms with Gasteiger partial charge in [-0.3, -0.25) is 4.79 Å². The van der Waals surface area contributed by atoms with Crippen LogP contribution in [-0.2, 0) is 20.7 Å². The Morgan fingerprint density at radius 1 is 1.16 bits per heavy atom. The van der Waals surface area contributed by atoms with Gasteiger partial charge in [-0.05, 0) is 49.1 Å². The van der Waals surface area contributed by atoms with Crippen molar-refractivity contribution in [2.24, 2.45) is 0 Å². The van der Waals surface area contributed by atoms with Gasteiger partial charge in [-0.1, -0.05) is 30.3 Å². The molecule has 1 amide bonds. The van der Waals surface area contributed by atoms with Gasteiger partial charge in [-0.2, -0.15) is 0 Å². The number of aryl methyl sites for hydroxylation is 1. The molecular formula is C20H21NO4. The molecule has 1 atom stereocenters. The number of carbonyl (C=O) groups excluding carboxylic acids is 2. The fourth-order valence-corrected chi connectivity index (χ4v) is 2.88. The van der Waals surface area contributed by atoms with Crippen molar-refractivity contribution in [1.29, 1.82) is 0 Å². The topological polar surface area (TPSA) is 64.6 Å². The molecule has 1 unspecified atom stereocenters. The zero-order valence-electron chi connectivity index (χ0n) is 14.2. The van der Waals surface area contributed by atoms with Crippen molar-refractivity contribution in [2.45, 2.75) is 32.3 Å². The van der Waals surface area contributed by atoms with Crippen molar-refractivity contribution in [3.63, 3.8) is 0 Å². The zero-order chi connectivity index (χ0) is 17.6. The molecule has 25 heavy (non-hydrogen) atoms. The summed E-state index contributed by atoms with van der Waals surface area (Å²) < 4.78 is 11.1. The highest BCUT2D eigenvalue weighted by Gasteiger charge is 2.23. The fraction of sp³-hybridized carbons (Fsp3) is 0.300. The Hall–Kier alpha value is -2.66. The van der Waals surface area contributed by atoms with Gasteiger partial charge >= 0.3 is 5.97 Å². The molecule has 5 heteroatoms. The van der Waals surface area contributed by atoms with E-state index in [1.54, 1.807) is 12.1 Å². The van der Waals surface area contributed by atoms with Crippen molar-refractivity contribution < 1.29 is 19.1 Å². The lowest BCUT2D eigenvalue weighted by Crippen LogP contribution is -2.21. The van der Waals surface area contributed by atoms with Crippen LogP contribution in [0.3, 0.4) is 0 Å². The van der Waals surface area contributed by atoms with Crippen LogP contribution in [0.2, 0.25) is 0 Å². The summed E-state index contributed by atoms with van der Waals surface area (Å²) in [4.78, 5) is 24.2. The van der Waals surface area contributed by atoms with Gasteiger partial charge in [0.15, 0.2) is 6.10 Å². The van der Waals surface area contributed by atoms with Crippen LogP contribution in [0, 0.1) is 0 Å². The van der Waals surface area contributed by atoms with E-state index in [4.69, 9.17) is 9.47 Å². The van der Waals surface area contributed by atoms with E-state index in [-0.39, 0.29) is 5.91 Å². The maximum Gasteiger partial charge on any atom is 0.345 e. The summed E-state index contributed by atoms with van der Waals surface area (Å²) in [6.45, 7) is 2.25. The monoisotopic (exact) mass is 339 g/mol. The number of benzene rings is 2. The highest BCUT2D eigenvalue weighted by Crippen LogP contribution is 2.28. The third-order valence-electron chi connectivity index (χ3n) is 4.07. The molecule has 0 bridgehead atoms. The molecule has 0 spiro atoms. The molecule has 0 aromatic heterocycles. The predicted molar refractivity (Wildman–Crippen MR) is 94.5 cm³/mol. The SMILES string of the molecule is CCOC(C(=O)Oc1ccc2c(c1)CCCC(=O)N2)c1ccccc1. The van der Waals surface area contributed by atoms with Crippen LogP contribution < -0.4 is 10.1 Å². The average molecular weight is 339 g/mol. The van der Waals surface area contributed by atoms with E-state index in [0.717, 1.165) is 29.7 Å².